The predicted molar refractivity (Wildman–Crippen MR) is 124 cm³/mol. The first kappa shape index (κ1) is 23.4. The van der Waals surface area contributed by atoms with Crippen molar-refractivity contribution in [3.05, 3.63) is 81.5 Å². The van der Waals surface area contributed by atoms with E-state index in [1.807, 2.05) is 0 Å². The maximum atomic E-state index is 12.9. The molecule has 1 aliphatic rings. The molecular weight excluding hydrogens is 498 g/mol. The molecule has 1 atom stereocenters. The highest BCUT2D eigenvalue weighted by atomic mass is 35.5. The van der Waals surface area contributed by atoms with Crippen molar-refractivity contribution in [1.82, 2.24) is 5.32 Å². The van der Waals surface area contributed by atoms with Gasteiger partial charge in [-0.1, -0.05) is 59.2 Å². The molecule has 1 aromatic heterocycles. The number of amidine groups is 1. The minimum absolute atomic E-state index is 0.227. The van der Waals surface area contributed by atoms with Crippen LogP contribution in [0.3, 0.4) is 0 Å². The summed E-state index contributed by atoms with van der Waals surface area (Å²) in [5.41, 5.74) is 0.275. The standard InChI is InChI=1S/C22H14Cl2F3N3O2S/c23-16-6-2-4-13(19(16)24)10-18-20(31)29-21(33-18)30-28-11-15-7-8-17(32-15)12-3-1-5-14(9-12)22(25,26)27/h1-9,11,18H,10H2,(H,29,30,31)/b28-11+. The highest BCUT2D eigenvalue weighted by Crippen LogP contribution is 2.33. The van der Waals surface area contributed by atoms with Crippen molar-refractivity contribution >= 4 is 52.3 Å². The van der Waals surface area contributed by atoms with Gasteiger partial charge in [-0.05, 0) is 42.3 Å². The Kier molecular flexibility index (Phi) is 6.83. The molecule has 2 aromatic carbocycles. The van der Waals surface area contributed by atoms with E-state index in [4.69, 9.17) is 27.6 Å². The van der Waals surface area contributed by atoms with Gasteiger partial charge >= 0.3 is 6.18 Å². The van der Waals surface area contributed by atoms with E-state index < -0.39 is 17.0 Å². The van der Waals surface area contributed by atoms with Crippen molar-refractivity contribution in [3.8, 4) is 11.3 Å². The van der Waals surface area contributed by atoms with Crippen molar-refractivity contribution in [1.29, 1.82) is 0 Å². The number of rotatable bonds is 5. The van der Waals surface area contributed by atoms with E-state index in [2.05, 4.69) is 15.5 Å². The second-order valence-corrected chi connectivity index (χ2v) is 8.92. The molecule has 170 valence electrons. The van der Waals surface area contributed by atoms with Crippen molar-refractivity contribution in [3.63, 3.8) is 0 Å². The maximum absolute atomic E-state index is 12.9. The summed E-state index contributed by atoms with van der Waals surface area (Å²) >= 11 is 13.4. The zero-order chi connectivity index (χ0) is 23.6. The number of thioether (sulfide) groups is 1. The molecule has 11 heteroatoms. The second kappa shape index (κ2) is 9.62. The van der Waals surface area contributed by atoms with Crippen LogP contribution in [0.4, 0.5) is 13.2 Å². The molecule has 4 rings (SSSR count). The van der Waals surface area contributed by atoms with Crippen molar-refractivity contribution in [2.75, 3.05) is 0 Å². The molecule has 1 saturated heterocycles. The number of hydrogen-bond acceptors (Lipinski definition) is 5. The van der Waals surface area contributed by atoms with E-state index >= 15 is 0 Å². The lowest BCUT2D eigenvalue weighted by Gasteiger charge is -2.08. The van der Waals surface area contributed by atoms with Crippen LogP contribution in [-0.2, 0) is 17.4 Å². The van der Waals surface area contributed by atoms with Crippen LogP contribution in [0.1, 0.15) is 16.9 Å². The molecule has 0 radical (unpaired) electrons. The van der Waals surface area contributed by atoms with Crippen LogP contribution in [0.15, 0.2) is 69.2 Å². The topological polar surface area (TPSA) is 67.0 Å². The molecule has 0 aliphatic carbocycles. The molecule has 1 aliphatic heterocycles. The molecule has 0 spiro atoms. The lowest BCUT2D eigenvalue weighted by molar-refractivity contribution is -0.137. The molecule has 0 bridgehead atoms. The molecule has 3 aromatic rings. The number of benzene rings is 2. The second-order valence-electron chi connectivity index (χ2n) is 6.94. The third-order valence-electron chi connectivity index (χ3n) is 4.65. The average molecular weight is 512 g/mol. The minimum atomic E-state index is -4.44. The minimum Gasteiger partial charge on any atom is -0.455 e. The third-order valence-corrected chi connectivity index (χ3v) is 6.58. The number of hydrogen-bond donors (Lipinski definition) is 1. The van der Waals surface area contributed by atoms with Gasteiger partial charge < -0.3 is 9.73 Å². The summed E-state index contributed by atoms with van der Waals surface area (Å²) in [5.74, 6) is 0.329. The Labute approximate surface area is 200 Å². The fourth-order valence-corrected chi connectivity index (χ4v) is 4.41. The number of nitrogens with one attached hydrogen (secondary N) is 1. The van der Waals surface area contributed by atoms with E-state index in [-0.39, 0.29) is 17.2 Å². The maximum Gasteiger partial charge on any atom is 0.416 e. The van der Waals surface area contributed by atoms with E-state index in [0.29, 0.717) is 27.4 Å². The van der Waals surface area contributed by atoms with Crippen molar-refractivity contribution in [2.45, 2.75) is 17.8 Å². The monoisotopic (exact) mass is 511 g/mol. The van der Waals surface area contributed by atoms with Crippen molar-refractivity contribution in [2.24, 2.45) is 10.2 Å². The SMILES string of the molecule is O=C1N/C(=N\N=C\c2ccc(-c3cccc(C(F)(F)F)c3)o2)SC1Cc1cccc(Cl)c1Cl. The van der Waals surface area contributed by atoms with Gasteiger partial charge in [0.05, 0.1) is 27.1 Å². The Morgan fingerprint density at radius 3 is 2.70 bits per heavy atom. The van der Waals surface area contributed by atoms with Gasteiger partial charge in [0.2, 0.25) is 5.91 Å². The quantitative estimate of drug-likeness (QED) is 0.316. The van der Waals surface area contributed by atoms with Gasteiger partial charge in [0, 0.05) is 5.56 Å². The van der Waals surface area contributed by atoms with Crippen LogP contribution in [0.5, 0.6) is 0 Å². The van der Waals surface area contributed by atoms with E-state index in [0.717, 1.165) is 17.7 Å². The van der Waals surface area contributed by atoms with Gasteiger partial charge in [0.1, 0.15) is 11.5 Å². The summed E-state index contributed by atoms with van der Waals surface area (Å²) in [6, 6.07) is 13.2. The summed E-state index contributed by atoms with van der Waals surface area (Å²) in [7, 11) is 0. The molecule has 1 unspecified atom stereocenters. The number of amides is 1. The van der Waals surface area contributed by atoms with Crippen LogP contribution < -0.4 is 5.32 Å². The van der Waals surface area contributed by atoms with Crippen molar-refractivity contribution < 1.29 is 22.4 Å². The molecule has 1 amide bonds. The summed E-state index contributed by atoms with van der Waals surface area (Å²) in [6.07, 6.45) is -2.77. The Morgan fingerprint density at radius 2 is 1.91 bits per heavy atom. The van der Waals surface area contributed by atoms with E-state index in [1.54, 1.807) is 30.3 Å². The Balaban J connectivity index is 1.41. The zero-order valence-electron chi connectivity index (χ0n) is 16.6. The normalized spacial score (nSPS) is 17.8. The van der Waals surface area contributed by atoms with Gasteiger partial charge in [-0.25, -0.2) is 0 Å². The number of carbonyl (C=O) groups excluding carboxylic acids is 1. The van der Waals surface area contributed by atoms with E-state index in [9.17, 15) is 18.0 Å². The fraction of sp³-hybridized carbons (Fsp3) is 0.136. The lowest BCUT2D eigenvalue weighted by Crippen LogP contribution is -2.26. The first-order valence-electron chi connectivity index (χ1n) is 9.49. The first-order valence-corrected chi connectivity index (χ1v) is 11.1. The Bertz CT molecular complexity index is 1260. The van der Waals surface area contributed by atoms with Gasteiger partial charge in [0.25, 0.3) is 0 Å². The molecule has 33 heavy (non-hydrogen) atoms. The molecule has 2 heterocycles. The highest BCUT2D eigenvalue weighted by Gasteiger charge is 2.31. The van der Waals surface area contributed by atoms with Crippen LogP contribution >= 0.6 is 35.0 Å². The summed E-state index contributed by atoms with van der Waals surface area (Å²) < 4.78 is 44.3. The molecule has 1 fully saturated rings. The van der Waals surface area contributed by atoms with Crippen LogP contribution in [-0.4, -0.2) is 22.5 Å². The predicted octanol–water partition coefficient (Wildman–Crippen LogP) is 6.44. The number of nitrogens with zero attached hydrogens (tertiary/aromatic N) is 2. The van der Waals surface area contributed by atoms with Gasteiger partial charge in [-0.2, -0.15) is 18.3 Å². The van der Waals surface area contributed by atoms with E-state index in [1.165, 1.54) is 30.1 Å². The van der Waals surface area contributed by atoms with Crippen LogP contribution in [0.25, 0.3) is 11.3 Å². The van der Waals surface area contributed by atoms with Gasteiger partial charge in [-0.3, -0.25) is 4.79 Å². The Hall–Kier alpha value is -2.75. The molecule has 1 N–H and O–H groups in total. The first-order chi connectivity index (χ1) is 15.7. The van der Waals surface area contributed by atoms with Crippen LogP contribution in [0.2, 0.25) is 10.0 Å². The smallest absolute Gasteiger partial charge is 0.416 e. The molecular formula is C22H14Cl2F3N3O2S. The van der Waals surface area contributed by atoms with Gasteiger partial charge in [0.15, 0.2) is 5.17 Å². The number of halogens is 5. The van der Waals surface area contributed by atoms with Crippen LogP contribution in [0, 0.1) is 0 Å². The average Bonchev–Trinajstić information content (AvgIpc) is 3.38. The number of alkyl halides is 3. The number of furan rings is 1. The molecule has 5 nitrogen and oxygen atoms in total. The summed E-state index contributed by atoms with van der Waals surface area (Å²) in [5, 5.41) is 11.2. The lowest BCUT2D eigenvalue weighted by atomic mass is 10.1. The fourth-order valence-electron chi connectivity index (χ4n) is 3.06. The highest BCUT2D eigenvalue weighted by molar-refractivity contribution is 8.15. The molecule has 0 saturated carbocycles. The number of carbonyl (C=O) groups is 1. The summed E-state index contributed by atoms with van der Waals surface area (Å²) in [4.78, 5) is 12.2. The third kappa shape index (κ3) is 5.61. The van der Waals surface area contributed by atoms with Gasteiger partial charge in [-0.15, -0.1) is 5.10 Å². The Morgan fingerprint density at radius 1 is 1.12 bits per heavy atom. The largest absolute Gasteiger partial charge is 0.455 e. The summed E-state index contributed by atoms with van der Waals surface area (Å²) in [6.45, 7) is 0. The zero-order valence-corrected chi connectivity index (χ0v) is 18.9.